The van der Waals surface area contributed by atoms with Crippen LogP contribution in [0.3, 0.4) is 0 Å². The van der Waals surface area contributed by atoms with Gasteiger partial charge in [0.2, 0.25) is 5.91 Å². The highest BCUT2D eigenvalue weighted by molar-refractivity contribution is 8.00. The monoisotopic (exact) mass is 610 g/mol. The van der Waals surface area contributed by atoms with E-state index >= 15 is 0 Å². The van der Waals surface area contributed by atoms with Gasteiger partial charge in [0.25, 0.3) is 5.91 Å². The summed E-state index contributed by atoms with van der Waals surface area (Å²) in [4.78, 5) is 37.5. The Bertz CT molecular complexity index is 1350. The van der Waals surface area contributed by atoms with E-state index in [0.717, 1.165) is 0 Å². The lowest BCUT2D eigenvalue weighted by atomic mass is 10.1. The Labute approximate surface area is 233 Å². The first-order valence-corrected chi connectivity index (χ1v) is 12.6. The van der Waals surface area contributed by atoms with Crippen molar-refractivity contribution < 1.29 is 19.5 Å². The second-order valence-electron chi connectivity index (χ2n) is 6.76. The molecule has 3 rings (SSSR count). The predicted molar refractivity (Wildman–Crippen MR) is 144 cm³/mol. The first kappa shape index (κ1) is 27.7. The smallest absolute Gasteiger partial charge is 0.338 e. The number of carboxylic acid groups (broad SMARTS) is 1. The molecule has 0 unspecified atom stereocenters. The highest BCUT2D eigenvalue weighted by Crippen LogP contribution is 2.42. The van der Waals surface area contributed by atoms with Crippen molar-refractivity contribution in [1.29, 1.82) is 0 Å². The van der Waals surface area contributed by atoms with Gasteiger partial charge in [-0.2, -0.15) is 0 Å². The lowest BCUT2D eigenvalue weighted by Gasteiger charge is -2.14. The molecule has 0 aromatic heterocycles. The highest BCUT2D eigenvalue weighted by Gasteiger charge is 2.29. The van der Waals surface area contributed by atoms with Gasteiger partial charge in [0, 0.05) is 16.3 Å². The minimum absolute atomic E-state index is 0.0645. The van der Waals surface area contributed by atoms with Crippen molar-refractivity contribution in [1.82, 2.24) is 0 Å². The number of halogens is 6. The highest BCUT2D eigenvalue weighted by atomic mass is 35.5. The van der Waals surface area contributed by atoms with Crippen LogP contribution in [0, 0.1) is 0 Å². The van der Waals surface area contributed by atoms with E-state index in [2.05, 4.69) is 10.6 Å². The van der Waals surface area contributed by atoms with Gasteiger partial charge in [-0.05, 0) is 36.4 Å². The van der Waals surface area contributed by atoms with Crippen LogP contribution in [0.2, 0.25) is 30.1 Å². The molecule has 0 radical (unpaired) electrons. The van der Waals surface area contributed by atoms with Gasteiger partial charge in [0.05, 0.1) is 47.0 Å². The zero-order valence-electron chi connectivity index (χ0n) is 17.1. The average molecular weight is 613 g/mol. The Morgan fingerprint density at radius 3 is 2.00 bits per heavy atom. The first-order chi connectivity index (χ1) is 16.5. The maximum Gasteiger partial charge on any atom is 0.338 e. The van der Waals surface area contributed by atoms with Crippen molar-refractivity contribution >= 4 is 111 Å². The predicted octanol–water partition coefficient (Wildman–Crippen LogP) is 8.29. The third-order valence-corrected chi connectivity index (χ3v) is 7.91. The number of hydrogen-bond donors (Lipinski definition) is 3. The summed E-state index contributed by atoms with van der Waals surface area (Å²) in [6, 6.07) is 11.3. The number of aromatic carboxylic acids is 1. The topological polar surface area (TPSA) is 95.5 Å². The van der Waals surface area contributed by atoms with Crippen molar-refractivity contribution in [3.63, 3.8) is 0 Å². The minimum atomic E-state index is -1.50. The van der Waals surface area contributed by atoms with Gasteiger partial charge >= 0.3 is 5.97 Å². The molecule has 0 saturated carbocycles. The van der Waals surface area contributed by atoms with Crippen molar-refractivity contribution in [3.8, 4) is 0 Å². The number of carbonyl (C=O) groups excluding carboxylic acids is 2. The maximum absolute atomic E-state index is 12.9. The van der Waals surface area contributed by atoms with Gasteiger partial charge in [-0.15, -0.1) is 11.8 Å². The summed E-state index contributed by atoms with van der Waals surface area (Å²) in [6.07, 6.45) is 0. The zero-order chi connectivity index (χ0) is 25.9. The number of carbonyl (C=O) groups is 3. The molecule has 2 amide bonds. The Balaban J connectivity index is 1.73. The molecule has 3 N–H and O–H groups in total. The summed E-state index contributed by atoms with van der Waals surface area (Å²) in [7, 11) is 0. The average Bonchev–Trinajstić information content (AvgIpc) is 2.80. The number of amides is 2. The van der Waals surface area contributed by atoms with Crippen LogP contribution in [0.25, 0.3) is 0 Å². The number of nitrogens with one attached hydrogen (secondary N) is 2. The fraction of sp³-hybridized carbons (Fsp3) is 0.0455. The third-order valence-electron chi connectivity index (χ3n) is 4.37. The van der Waals surface area contributed by atoms with Gasteiger partial charge in [0.1, 0.15) is 0 Å². The molecule has 182 valence electrons. The van der Waals surface area contributed by atoms with E-state index in [1.54, 1.807) is 36.4 Å². The first-order valence-electron chi connectivity index (χ1n) is 9.38. The Morgan fingerprint density at radius 2 is 1.37 bits per heavy atom. The summed E-state index contributed by atoms with van der Waals surface area (Å²) >= 11 is 37.1. The molecule has 0 bridgehead atoms. The lowest BCUT2D eigenvalue weighted by molar-refractivity contribution is -0.113. The molecule has 0 spiro atoms. The van der Waals surface area contributed by atoms with Crippen LogP contribution < -0.4 is 10.6 Å². The molecule has 0 aliphatic heterocycles. The van der Waals surface area contributed by atoms with Crippen LogP contribution in [0.4, 0.5) is 11.4 Å². The van der Waals surface area contributed by atoms with E-state index in [1.807, 2.05) is 0 Å². The standard InChI is InChI=1S/C22H12Cl6N2O4S/c23-12-5-4-10(7-13(12)24)29-14(31)8-35-11-3-1-2-9(6-11)30-21(32)15-16(22(33)34)18(26)20(28)19(27)17(15)25/h1-7H,8H2,(H,29,31)(H,30,32)(H,33,34). The van der Waals surface area contributed by atoms with Crippen molar-refractivity contribution in [3.05, 3.63) is 83.7 Å². The van der Waals surface area contributed by atoms with Gasteiger partial charge in [-0.1, -0.05) is 75.7 Å². The fourth-order valence-electron chi connectivity index (χ4n) is 2.82. The number of thioether (sulfide) groups is 1. The van der Waals surface area contributed by atoms with E-state index in [4.69, 9.17) is 69.6 Å². The van der Waals surface area contributed by atoms with E-state index in [-0.39, 0.29) is 26.7 Å². The van der Waals surface area contributed by atoms with Crippen molar-refractivity contribution in [2.45, 2.75) is 4.90 Å². The summed E-state index contributed by atoms with van der Waals surface area (Å²) in [5.41, 5.74) is -0.192. The molecule has 0 saturated heterocycles. The molecule has 0 aliphatic carbocycles. The molecule has 35 heavy (non-hydrogen) atoms. The van der Waals surface area contributed by atoms with Crippen LogP contribution in [-0.2, 0) is 4.79 Å². The molecule has 0 atom stereocenters. The normalized spacial score (nSPS) is 10.7. The summed E-state index contributed by atoms with van der Waals surface area (Å²) in [5, 5.41) is 14.2. The summed E-state index contributed by atoms with van der Waals surface area (Å²) < 4.78 is 0. The third kappa shape index (κ3) is 6.68. The molecule has 0 heterocycles. The number of benzene rings is 3. The lowest BCUT2D eigenvalue weighted by Crippen LogP contribution is -2.18. The van der Waals surface area contributed by atoms with Gasteiger partial charge < -0.3 is 15.7 Å². The Morgan fingerprint density at radius 1 is 0.743 bits per heavy atom. The number of anilines is 2. The van der Waals surface area contributed by atoms with Gasteiger partial charge in [0.15, 0.2) is 0 Å². The van der Waals surface area contributed by atoms with Crippen LogP contribution in [0.1, 0.15) is 20.7 Å². The van der Waals surface area contributed by atoms with Gasteiger partial charge in [-0.25, -0.2) is 4.79 Å². The molecular weight excluding hydrogens is 601 g/mol. The Kier molecular flexibility index (Phi) is 9.46. The largest absolute Gasteiger partial charge is 0.478 e. The molecule has 13 heteroatoms. The van der Waals surface area contributed by atoms with E-state index in [9.17, 15) is 19.5 Å². The van der Waals surface area contributed by atoms with Crippen LogP contribution in [0.5, 0.6) is 0 Å². The fourth-order valence-corrected chi connectivity index (χ4v) is 4.90. The van der Waals surface area contributed by atoms with E-state index < -0.39 is 28.0 Å². The van der Waals surface area contributed by atoms with E-state index in [0.29, 0.717) is 26.3 Å². The second kappa shape index (κ2) is 11.9. The van der Waals surface area contributed by atoms with E-state index in [1.165, 1.54) is 17.8 Å². The molecule has 3 aromatic carbocycles. The number of rotatable bonds is 7. The quantitative estimate of drug-likeness (QED) is 0.142. The summed E-state index contributed by atoms with van der Waals surface area (Å²) in [5.74, 6) is -2.58. The minimum Gasteiger partial charge on any atom is -0.478 e. The molecule has 0 aliphatic rings. The molecule has 3 aromatic rings. The van der Waals surface area contributed by atoms with Gasteiger partial charge in [-0.3, -0.25) is 9.59 Å². The zero-order valence-corrected chi connectivity index (χ0v) is 22.4. The molecule has 0 fully saturated rings. The summed E-state index contributed by atoms with van der Waals surface area (Å²) in [6.45, 7) is 0. The number of carboxylic acids is 1. The molecular formula is C22H12Cl6N2O4S. The van der Waals surface area contributed by atoms with Crippen LogP contribution >= 0.6 is 81.4 Å². The second-order valence-corrected chi connectivity index (χ2v) is 10.1. The molecule has 6 nitrogen and oxygen atoms in total. The van der Waals surface area contributed by atoms with Crippen LogP contribution in [-0.4, -0.2) is 28.6 Å². The SMILES string of the molecule is O=C(CSc1cccc(NC(=O)c2c(Cl)c(Cl)c(Cl)c(Cl)c2C(=O)O)c1)Nc1ccc(Cl)c(Cl)c1. The number of hydrogen-bond acceptors (Lipinski definition) is 4. The van der Waals surface area contributed by atoms with Crippen molar-refractivity contribution in [2.24, 2.45) is 0 Å². The van der Waals surface area contributed by atoms with Crippen molar-refractivity contribution in [2.75, 3.05) is 16.4 Å². The Hall–Kier alpha value is -1.84. The maximum atomic E-state index is 12.9. The van der Waals surface area contributed by atoms with Crippen LogP contribution in [0.15, 0.2) is 47.4 Å².